The second-order valence-corrected chi connectivity index (χ2v) is 3.16. The molecule has 1 aromatic rings. The first kappa shape index (κ1) is 8.78. The highest BCUT2D eigenvalue weighted by atomic mass is 14.6. The molecule has 0 aromatic heterocycles. The van der Waals surface area contributed by atoms with Crippen molar-refractivity contribution in [3.63, 3.8) is 0 Å². The van der Waals surface area contributed by atoms with Gasteiger partial charge in [-0.15, -0.1) is 0 Å². The Hall–Kier alpha value is -1.31. The molecule has 12 heavy (non-hydrogen) atoms. The van der Waals surface area contributed by atoms with Crippen molar-refractivity contribution < 1.29 is 0 Å². The molecule has 0 fully saturated rings. The van der Waals surface area contributed by atoms with Crippen LogP contribution in [0.3, 0.4) is 0 Å². The van der Waals surface area contributed by atoms with Crippen LogP contribution in [-0.4, -0.2) is 0 Å². The van der Waals surface area contributed by atoms with E-state index in [9.17, 15) is 0 Å². The lowest BCUT2D eigenvalue weighted by molar-refractivity contribution is 0.852. The lowest BCUT2D eigenvalue weighted by Gasteiger charge is -2.04. The summed E-state index contributed by atoms with van der Waals surface area (Å²) in [6.07, 6.45) is 0. The fourth-order valence-electron chi connectivity index (χ4n) is 1.29. The molecule has 0 bridgehead atoms. The monoisotopic (exact) mass is 162 g/mol. The zero-order valence-electron chi connectivity index (χ0n) is 7.46. The van der Waals surface area contributed by atoms with Gasteiger partial charge in [0.1, 0.15) is 0 Å². The molecular formula is C10H14N2. The third kappa shape index (κ3) is 1.64. The van der Waals surface area contributed by atoms with Crippen LogP contribution in [0.2, 0.25) is 0 Å². The number of nitrogens with two attached hydrogens (primary N) is 1. The van der Waals surface area contributed by atoms with Crippen molar-refractivity contribution in [1.29, 1.82) is 5.41 Å². The molecule has 0 atom stereocenters. The zero-order chi connectivity index (χ0) is 9.14. The summed E-state index contributed by atoms with van der Waals surface area (Å²) in [5.74, 6) is 0.310. The molecule has 2 nitrogen and oxygen atoms in total. The SMILES string of the molecule is CC(C)c1c(N)ccccc1=N. The Kier molecular flexibility index (Phi) is 2.48. The van der Waals surface area contributed by atoms with Crippen molar-refractivity contribution in [2.75, 3.05) is 5.73 Å². The molecule has 0 unspecified atom stereocenters. The first-order chi connectivity index (χ1) is 5.63. The number of anilines is 1. The largest absolute Gasteiger partial charge is 0.398 e. The average Bonchev–Trinajstić information content (AvgIpc) is 2.11. The van der Waals surface area contributed by atoms with Gasteiger partial charge in [-0.25, -0.2) is 0 Å². The van der Waals surface area contributed by atoms with Gasteiger partial charge in [-0.1, -0.05) is 26.0 Å². The summed E-state index contributed by atoms with van der Waals surface area (Å²) in [5.41, 5.74) is 7.42. The maximum absolute atomic E-state index is 7.68. The maximum Gasteiger partial charge on any atom is 0.0594 e. The third-order valence-corrected chi connectivity index (χ3v) is 1.83. The number of nitrogens with one attached hydrogen (secondary N) is 1. The molecule has 64 valence electrons. The Balaban J connectivity index is 3.46. The lowest BCUT2D eigenvalue weighted by Crippen LogP contribution is -2.09. The predicted octanol–water partition coefficient (Wildman–Crippen LogP) is 1.87. The quantitative estimate of drug-likeness (QED) is 0.650. The molecule has 0 spiro atoms. The summed E-state index contributed by atoms with van der Waals surface area (Å²) in [6.45, 7) is 4.09. The number of nitrogen functional groups attached to an aromatic ring is 1. The maximum atomic E-state index is 7.68. The van der Waals surface area contributed by atoms with Crippen molar-refractivity contribution in [2.24, 2.45) is 0 Å². The van der Waals surface area contributed by atoms with Gasteiger partial charge in [0.25, 0.3) is 0 Å². The highest BCUT2D eigenvalue weighted by Gasteiger charge is 2.03. The summed E-state index contributed by atoms with van der Waals surface area (Å²) in [4.78, 5) is 0. The van der Waals surface area contributed by atoms with E-state index in [1.165, 1.54) is 0 Å². The molecule has 0 radical (unpaired) electrons. The molecule has 2 heteroatoms. The van der Waals surface area contributed by atoms with E-state index in [2.05, 4.69) is 0 Å². The molecule has 0 saturated carbocycles. The van der Waals surface area contributed by atoms with Crippen LogP contribution < -0.4 is 11.1 Å². The Morgan fingerprint density at radius 1 is 1.25 bits per heavy atom. The number of hydrogen-bond donors (Lipinski definition) is 2. The molecule has 1 aromatic carbocycles. The smallest absolute Gasteiger partial charge is 0.0594 e. The topological polar surface area (TPSA) is 49.9 Å². The fourth-order valence-corrected chi connectivity index (χ4v) is 1.29. The summed E-state index contributed by atoms with van der Waals surface area (Å²) in [6, 6.07) is 7.31. The van der Waals surface area contributed by atoms with Crippen molar-refractivity contribution in [2.45, 2.75) is 19.8 Å². The van der Waals surface area contributed by atoms with Gasteiger partial charge < -0.3 is 11.1 Å². The Morgan fingerprint density at radius 3 is 2.42 bits per heavy atom. The minimum atomic E-state index is 0.310. The van der Waals surface area contributed by atoms with Gasteiger partial charge >= 0.3 is 0 Å². The van der Waals surface area contributed by atoms with E-state index < -0.39 is 0 Å². The van der Waals surface area contributed by atoms with Crippen LogP contribution in [0.1, 0.15) is 25.3 Å². The van der Waals surface area contributed by atoms with E-state index >= 15 is 0 Å². The summed E-state index contributed by atoms with van der Waals surface area (Å²) in [7, 11) is 0. The first-order valence-electron chi connectivity index (χ1n) is 4.06. The third-order valence-electron chi connectivity index (χ3n) is 1.83. The number of rotatable bonds is 1. The zero-order valence-corrected chi connectivity index (χ0v) is 7.46. The van der Waals surface area contributed by atoms with E-state index in [4.69, 9.17) is 11.1 Å². The lowest BCUT2D eigenvalue weighted by atomic mass is 10.0. The first-order valence-corrected chi connectivity index (χ1v) is 4.06. The van der Waals surface area contributed by atoms with E-state index in [1.54, 1.807) is 6.07 Å². The van der Waals surface area contributed by atoms with Gasteiger partial charge in [0.2, 0.25) is 0 Å². The van der Waals surface area contributed by atoms with Gasteiger partial charge in [-0.2, -0.15) is 0 Å². The van der Waals surface area contributed by atoms with E-state index in [1.807, 2.05) is 32.0 Å². The summed E-state index contributed by atoms with van der Waals surface area (Å²) < 4.78 is 0. The van der Waals surface area contributed by atoms with Gasteiger partial charge in [-0.3, -0.25) is 0 Å². The number of hydrogen-bond acceptors (Lipinski definition) is 2. The van der Waals surface area contributed by atoms with Gasteiger partial charge in [0.05, 0.1) is 5.36 Å². The highest BCUT2D eigenvalue weighted by molar-refractivity contribution is 5.46. The van der Waals surface area contributed by atoms with Crippen molar-refractivity contribution in [3.05, 3.63) is 35.2 Å². The molecule has 0 aliphatic carbocycles. The van der Waals surface area contributed by atoms with Crippen LogP contribution in [-0.2, 0) is 0 Å². The normalized spacial score (nSPS) is 10.2. The fraction of sp³-hybridized carbons (Fsp3) is 0.300. The molecule has 0 aliphatic rings. The van der Waals surface area contributed by atoms with Crippen LogP contribution in [0, 0.1) is 5.41 Å². The molecule has 0 aliphatic heterocycles. The Morgan fingerprint density at radius 2 is 1.83 bits per heavy atom. The molecule has 0 saturated heterocycles. The van der Waals surface area contributed by atoms with Gasteiger partial charge in [0, 0.05) is 11.3 Å². The van der Waals surface area contributed by atoms with E-state index in [-0.39, 0.29) is 0 Å². The van der Waals surface area contributed by atoms with E-state index in [0.29, 0.717) is 17.0 Å². The summed E-state index contributed by atoms with van der Waals surface area (Å²) >= 11 is 0. The molecule has 1 rings (SSSR count). The van der Waals surface area contributed by atoms with Crippen LogP contribution >= 0.6 is 0 Å². The minimum absolute atomic E-state index is 0.310. The molecule has 0 amide bonds. The van der Waals surface area contributed by atoms with Gasteiger partial charge in [-0.05, 0) is 18.1 Å². The Labute approximate surface area is 72.6 Å². The average molecular weight is 162 g/mol. The van der Waals surface area contributed by atoms with Crippen LogP contribution in [0.25, 0.3) is 0 Å². The highest BCUT2D eigenvalue weighted by Crippen LogP contribution is 2.15. The van der Waals surface area contributed by atoms with Crippen molar-refractivity contribution in [3.8, 4) is 0 Å². The predicted molar refractivity (Wildman–Crippen MR) is 50.8 cm³/mol. The molecule has 0 heterocycles. The summed E-state index contributed by atoms with van der Waals surface area (Å²) in [5, 5.41) is 8.20. The Bertz CT molecular complexity index is 329. The van der Waals surface area contributed by atoms with Crippen molar-refractivity contribution in [1.82, 2.24) is 0 Å². The second kappa shape index (κ2) is 3.39. The molecular weight excluding hydrogens is 148 g/mol. The van der Waals surface area contributed by atoms with E-state index in [0.717, 1.165) is 5.56 Å². The standard InChI is InChI=1S/C10H14N2/c1-7(2)10-8(11)5-3-4-6-9(10)12/h3-7,11H,12H2,1-2H3. The molecule has 3 N–H and O–H groups in total. The van der Waals surface area contributed by atoms with Crippen LogP contribution in [0.15, 0.2) is 24.3 Å². The van der Waals surface area contributed by atoms with Crippen LogP contribution in [0.5, 0.6) is 0 Å². The minimum Gasteiger partial charge on any atom is -0.398 e. The van der Waals surface area contributed by atoms with Crippen molar-refractivity contribution >= 4 is 5.69 Å². The van der Waals surface area contributed by atoms with Gasteiger partial charge in [0.15, 0.2) is 0 Å². The second-order valence-electron chi connectivity index (χ2n) is 3.16. The van der Waals surface area contributed by atoms with Crippen LogP contribution in [0.4, 0.5) is 5.69 Å².